The van der Waals surface area contributed by atoms with Gasteiger partial charge in [-0.2, -0.15) is 56.2 Å². The van der Waals surface area contributed by atoms with Gasteiger partial charge in [0.25, 0.3) is 0 Å². The van der Waals surface area contributed by atoms with Crippen LogP contribution in [0, 0.1) is 5.92 Å². The predicted molar refractivity (Wildman–Crippen MR) is 260 cm³/mol. The maximum atomic E-state index is 8.63. The zero-order chi connectivity index (χ0) is 41.2. The van der Waals surface area contributed by atoms with Crippen molar-refractivity contribution in [3.05, 3.63) is 0 Å². The second-order valence-electron chi connectivity index (χ2n) is 11.6. The Morgan fingerprint density at radius 1 is 0.774 bits per heavy atom. The Morgan fingerprint density at radius 2 is 1.21 bits per heavy atom. The van der Waals surface area contributed by atoms with E-state index in [1.54, 1.807) is 28.7 Å². The van der Waals surface area contributed by atoms with E-state index in [0.29, 0.717) is 11.6 Å². The Bertz CT molecular complexity index is 907. The number of methoxy groups -OCH3 is 1. The third kappa shape index (κ3) is 37.2. The maximum absolute atomic E-state index is 8.63. The Labute approximate surface area is 361 Å². The molecule has 314 valence electrons. The van der Waals surface area contributed by atoms with Gasteiger partial charge < -0.3 is 26.8 Å². The predicted octanol–water partition coefficient (Wildman–Crippen LogP) is -1.67. The van der Waals surface area contributed by atoms with Gasteiger partial charge in [-0.05, 0) is 37.9 Å². The van der Waals surface area contributed by atoms with Crippen LogP contribution in [0.25, 0.3) is 0 Å². The van der Waals surface area contributed by atoms with Crippen LogP contribution < -0.4 is 43.7 Å². The van der Waals surface area contributed by atoms with Crippen LogP contribution in [-0.4, -0.2) is 149 Å². The summed E-state index contributed by atoms with van der Waals surface area (Å²) in [6.07, 6.45) is 11.1. The summed E-state index contributed by atoms with van der Waals surface area (Å²) in [7, 11) is 15.1. The first-order valence-electron chi connectivity index (χ1n) is 18.8. The molecule has 2 aliphatic rings. The molecule has 11 nitrogen and oxygen atoms in total. The van der Waals surface area contributed by atoms with Gasteiger partial charge in [0.2, 0.25) is 11.7 Å². The SMILES string of the molecule is COC(=[NH2+])CCSSCCC(=[NH2+])CO.CSCC[NH+]=C(N)CCSSCCC(N)=[NH+]CCSC1CCC1C.NCCSC1CCC1SCCN.O.[2H][3H].[B]P. The van der Waals surface area contributed by atoms with Gasteiger partial charge in [-0.1, -0.05) is 50.1 Å². The number of rotatable bonds is 28. The first kappa shape index (κ1) is 56.3. The van der Waals surface area contributed by atoms with Crippen LogP contribution >= 0.6 is 99.3 Å². The van der Waals surface area contributed by atoms with E-state index in [1.807, 2.05) is 66.0 Å². The van der Waals surface area contributed by atoms with Gasteiger partial charge in [-0.15, -0.1) is 0 Å². The molecule has 5 unspecified atom stereocenters. The van der Waals surface area contributed by atoms with E-state index in [1.165, 1.54) is 25.7 Å². The molecule has 2 radical (unpaired) electrons. The summed E-state index contributed by atoms with van der Waals surface area (Å²) < 4.78 is 14.8. The normalized spacial score (nSPS) is 19.2. The van der Waals surface area contributed by atoms with Crippen LogP contribution in [0.15, 0.2) is 0 Å². The number of aliphatic hydroxyl groups is 1. The molecule has 0 aliphatic heterocycles. The summed E-state index contributed by atoms with van der Waals surface area (Å²) in [6, 6.07) is 0. The van der Waals surface area contributed by atoms with E-state index in [9.17, 15) is 0 Å². The Hall–Kier alpha value is 1.21. The lowest BCUT2D eigenvalue weighted by Crippen LogP contribution is -2.76. The maximum Gasteiger partial charge on any atom is 0.333 e. The molecule has 2 fully saturated rings. The smallest absolute Gasteiger partial charge is 0.333 e. The minimum absolute atomic E-state index is 0. The molecular weight excluding hydrogens is 843 g/mol. The number of ether oxygens (including phenoxy) is 1. The fraction of sp³-hybridized carbons (Fsp3) is 0.875. The van der Waals surface area contributed by atoms with Crippen LogP contribution in [0.1, 0.15) is 61.3 Å². The fourth-order valence-electron chi connectivity index (χ4n) is 4.09. The lowest BCUT2D eigenvalue weighted by atomic mass is 9.87. The highest BCUT2D eigenvalue weighted by Gasteiger charge is 2.30. The number of hydrogen-bond donors (Lipinski definition) is 9. The molecule has 53 heavy (non-hydrogen) atoms. The Kier molecular flexibility index (Phi) is 47.1. The summed E-state index contributed by atoms with van der Waals surface area (Å²) in [5.74, 6) is 11.8. The molecule has 21 heteroatoms. The molecule has 0 aromatic heterocycles. The highest BCUT2D eigenvalue weighted by atomic mass is 33.1. The van der Waals surface area contributed by atoms with Gasteiger partial charge in [0, 0.05) is 84.3 Å². The highest BCUT2D eigenvalue weighted by Crippen LogP contribution is 2.39. The molecule has 0 bridgehead atoms. The molecule has 17 N–H and O–H groups in total. The molecule has 0 spiro atoms. The quantitative estimate of drug-likeness (QED) is 0.0107. The van der Waals surface area contributed by atoms with E-state index in [0.717, 1.165) is 131 Å². The molecule has 2 aliphatic carbocycles. The first-order chi connectivity index (χ1) is 26.2. The van der Waals surface area contributed by atoms with Crippen LogP contribution in [0.2, 0.25) is 0 Å². The minimum Gasteiger partial charge on any atom is -0.451 e. The van der Waals surface area contributed by atoms with E-state index in [2.05, 4.69) is 42.5 Å². The molecule has 0 aromatic carbocycles. The van der Waals surface area contributed by atoms with Crippen molar-refractivity contribution >= 4 is 130 Å². The summed E-state index contributed by atoms with van der Waals surface area (Å²) in [5, 5.41) is 22.2. The number of aliphatic hydroxyl groups excluding tert-OH is 1. The van der Waals surface area contributed by atoms with Gasteiger partial charge in [-0.25, -0.2) is 5.41 Å². The molecular formula is C32H76BN8O3PS8+4. The number of hydrogen-bond acceptors (Lipinski definition) is 12. The standard InChI is InChI=1S/C16H32N4S4.C8H16N2O2S2.C8H18N2S2.BH2P.H2O.H2/c1-13-3-4-14(13)22-12-8-20-16(18)6-10-24-23-9-5-15(17)19-7-11-21-2;1-12-8(10)3-5-14-13-4-2-7(9)6-11;9-3-5-11-7-1-2-8(7)12-6-4-10;1-2;;/h13-14H,3-12H2,1-2H3,(H2,17,19)(H2,18,20);9-11H,2-6H2,1H3;7-8H,1-6,9-10H2;2H2;1H2;1H/p+4/i;;;;;1+2D. The van der Waals surface area contributed by atoms with Gasteiger partial charge in [0.05, 0.1) is 47.0 Å². The fourth-order valence-corrected chi connectivity index (χ4v) is 12.5. The third-order valence-electron chi connectivity index (χ3n) is 7.52. The molecule has 2 saturated carbocycles. The monoisotopic (exact) mass is 921 g/mol. The molecule has 0 saturated heterocycles. The average Bonchev–Trinajstić information content (AvgIpc) is 3.18. The van der Waals surface area contributed by atoms with Crippen molar-refractivity contribution in [1.29, 1.82) is 0 Å². The first-order valence-corrected chi connectivity index (χ1v) is 28.0. The number of amidine groups is 2. The van der Waals surface area contributed by atoms with E-state index < -0.39 is 0 Å². The van der Waals surface area contributed by atoms with Crippen molar-refractivity contribution < 1.29 is 39.1 Å². The van der Waals surface area contributed by atoms with Gasteiger partial charge in [-0.3, -0.25) is 26.9 Å². The molecule has 5 atom stereocenters. The van der Waals surface area contributed by atoms with Crippen molar-refractivity contribution in [3.8, 4) is 0 Å². The van der Waals surface area contributed by atoms with Crippen LogP contribution in [0.3, 0.4) is 0 Å². The lowest BCUT2D eigenvalue weighted by molar-refractivity contribution is -0.453. The molecule has 0 heterocycles. The average molecular weight is 922 g/mol. The van der Waals surface area contributed by atoms with E-state index in [4.69, 9.17) is 46.6 Å². The van der Waals surface area contributed by atoms with Crippen molar-refractivity contribution in [1.82, 2.24) is 0 Å². The largest absolute Gasteiger partial charge is 0.451 e. The second-order valence-corrected chi connectivity index (χ2v) is 22.0. The van der Waals surface area contributed by atoms with E-state index >= 15 is 0 Å². The van der Waals surface area contributed by atoms with Crippen molar-refractivity contribution in [3.63, 3.8) is 0 Å². The third-order valence-corrected chi connectivity index (χ3v) is 17.6. The topological polar surface area (TPSA) is 244 Å². The molecule has 2 rings (SSSR count). The molecule has 0 aromatic rings. The van der Waals surface area contributed by atoms with E-state index in [-0.39, 0.29) is 12.1 Å². The summed E-state index contributed by atoms with van der Waals surface area (Å²) in [4.78, 5) is 6.61. The Balaban J connectivity index is -0.000000359. The van der Waals surface area contributed by atoms with Crippen molar-refractivity contribution in [2.75, 3.05) is 92.2 Å². The number of nitrogens with one attached hydrogen (secondary N) is 2. The van der Waals surface area contributed by atoms with Crippen LogP contribution in [-0.2, 0) is 4.74 Å². The van der Waals surface area contributed by atoms with Gasteiger partial charge in [0.1, 0.15) is 6.61 Å². The van der Waals surface area contributed by atoms with Gasteiger partial charge in [0.15, 0.2) is 5.71 Å². The highest BCUT2D eigenvalue weighted by molar-refractivity contribution is 8.77. The lowest BCUT2D eigenvalue weighted by Gasteiger charge is -2.35. The second kappa shape index (κ2) is 44.3. The zero-order valence-electron chi connectivity index (χ0n) is 34.4. The van der Waals surface area contributed by atoms with Crippen molar-refractivity contribution in [2.45, 2.75) is 74.0 Å². The number of nitrogens with two attached hydrogens (primary N) is 6. The summed E-state index contributed by atoms with van der Waals surface area (Å²) >= 11 is 8.00. The number of thioether (sulfide) groups is 4. The summed E-state index contributed by atoms with van der Waals surface area (Å²) in [6.45, 7) is 5.92. The van der Waals surface area contributed by atoms with Gasteiger partial charge >= 0.3 is 5.90 Å². The Morgan fingerprint density at radius 3 is 1.58 bits per heavy atom. The van der Waals surface area contributed by atoms with Crippen LogP contribution in [0.5, 0.6) is 0 Å². The zero-order valence-corrected chi connectivity index (χ0v) is 40.1. The summed E-state index contributed by atoms with van der Waals surface area (Å²) in [5.41, 5.74) is 23.5. The minimum atomic E-state index is -0.0182. The van der Waals surface area contributed by atoms with Crippen LogP contribution in [0.4, 0.5) is 0 Å². The molecule has 0 amide bonds. The van der Waals surface area contributed by atoms with Crippen molar-refractivity contribution in [2.24, 2.45) is 28.9 Å².